The fourth-order valence-corrected chi connectivity index (χ4v) is 3.69. The van der Waals surface area contributed by atoms with Crippen molar-refractivity contribution in [1.82, 2.24) is 20.2 Å². The van der Waals surface area contributed by atoms with Gasteiger partial charge in [-0.15, -0.1) is 12.4 Å². The highest BCUT2D eigenvalue weighted by Gasteiger charge is 2.32. The average Bonchev–Trinajstić information content (AvgIpc) is 2.95. The lowest BCUT2D eigenvalue weighted by atomic mass is 9.93. The molecule has 1 aromatic heterocycles. The number of aromatic nitrogens is 2. The molecule has 6 heteroatoms. The number of hydrogen-bond donors (Lipinski definition) is 2. The van der Waals surface area contributed by atoms with Gasteiger partial charge in [-0.05, 0) is 37.4 Å². The Balaban J connectivity index is 0.00000144. The number of benzene rings is 1. The maximum atomic E-state index is 6.07. The lowest BCUT2D eigenvalue weighted by Crippen LogP contribution is -2.44. The Kier molecular flexibility index (Phi) is 4.47. The maximum absolute atomic E-state index is 6.07. The molecular weight excluding hydrogens is 298 g/mol. The van der Waals surface area contributed by atoms with Gasteiger partial charge in [0.25, 0.3) is 0 Å². The Labute approximate surface area is 136 Å². The first-order valence-electron chi connectivity index (χ1n) is 7.76. The first-order valence-corrected chi connectivity index (χ1v) is 7.76. The van der Waals surface area contributed by atoms with Gasteiger partial charge in [0.05, 0.1) is 12.1 Å². The molecule has 0 amide bonds. The van der Waals surface area contributed by atoms with E-state index in [-0.39, 0.29) is 12.4 Å². The SMILES string of the molecule is Cl.Nc1nc(CN2CCC3NCCC3C2)nc2ccccc12. The van der Waals surface area contributed by atoms with Crippen LogP contribution in [0.25, 0.3) is 10.9 Å². The lowest BCUT2D eigenvalue weighted by molar-refractivity contribution is 0.153. The molecule has 2 unspecified atom stereocenters. The highest BCUT2D eigenvalue weighted by Crippen LogP contribution is 2.25. The van der Waals surface area contributed by atoms with Gasteiger partial charge in [-0.1, -0.05) is 12.1 Å². The van der Waals surface area contributed by atoms with E-state index in [1.54, 1.807) is 0 Å². The summed E-state index contributed by atoms with van der Waals surface area (Å²) in [7, 11) is 0. The molecule has 4 rings (SSSR count). The first-order chi connectivity index (χ1) is 10.3. The van der Waals surface area contributed by atoms with E-state index in [4.69, 9.17) is 5.73 Å². The number of nitrogen functional groups attached to an aromatic ring is 1. The smallest absolute Gasteiger partial charge is 0.145 e. The monoisotopic (exact) mass is 319 g/mol. The van der Waals surface area contributed by atoms with E-state index >= 15 is 0 Å². The van der Waals surface area contributed by atoms with Crippen LogP contribution in [-0.2, 0) is 6.54 Å². The van der Waals surface area contributed by atoms with E-state index in [1.165, 1.54) is 19.4 Å². The summed E-state index contributed by atoms with van der Waals surface area (Å²) in [5.74, 6) is 2.22. The number of rotatable bonds is 2. The lowest BCUT2D eigenvalue weighted by Gasteiger charge is -2.34. The van der Waals surface area contributed by atoms with Crippen molar-refractivity contribution >= 4 is 29.1 Å². The van der Waals surface area contributed by atoms with Crippen LogP contribution in [-0.4, -0.2) is 40.5 Å². The second-order valence-electron chi connectivity index (χ2n) is 6.18. The van der Waals surface area contributed by atoms with Crippen LogP contribution >= 0.6 is 12.4 Å². The number of para-hydroxylation sites is 1. The third kappa shape index (κ3) is 2.89. The van der Waals surface area contributed by atoms with E-state index in [0.29, 0.717) is 5.82 Å². The summed E-state index contributed by atoms with van der Waals surface area (Å²) in [5.41, 5.74) is 7.01. The molecule has 2 aromatic rings. The van der Waals surface area contributed by atoms with Crippen molar-refractivity contribution in [2.45, 2.75) is 25.4 Å². The topological polar surface area (TPSA) is 67.1 Å². The van der Waals surface area contributed by atoms with Crippen LogP contribution in [0.2, 0.25) is 0 Å². The molecule has 0 saturated carbocycles. The number of nitrogens with one attached hydrogen (secondary N) is 1. The van der Waals surface area contributed by atoms with Crippen molar-refractivity contribution in [3.63, 3.8) is 0 Å². The molecule has 2 atom stereocenters. The zero-order valence-electron chi connectivity index (χ0n) is 12.5. The molecule has 3 heterocycles. The molecule has 2 fully saturated rings. The highest BCUT2D eigenvalue weighted by molar-refractivity contribution is 5.87. The molecule has 22 heavy (non-hydrogen) atoms. The van der Waals surface area contributed by atoms with Gasteiger partial charge in [0.1, 0.15) is 11.6 Å². The number of halogens is 1. The van der Waals surface area contributed by atoms with Gasteiger partial charge >= 0.3 is 0 Å². The number of anilines is 1. The molecule has 0 radical (unpaired) electrons. The zero-order chi connectivity index (χ0) is 14.2. The number of likely N-dealkylation sites (tertiary alicyclic amines) is 1. The van der Waals surface area contributed by atoms with Gasteiger partial charge in [-0.2, -0.15) is 0 Å². The molecule has 2 aliphatic rings. The van der Waals surface area contributed by atoms with Gasteiger partial charge in [-0.25, -0.2) is 9.97 Å². The van der Waals surface area contributed by atoms with E-state index in [1.807, 2.05) is 24.3 Å². The maximum Gasteiger partial charge on any atom is 0.145 e. The van der Waals surface area contributed by atoms with Crippen molar-refractivity contribution < 1.29 is 0 Å². The summed E-state index contributed by atoms with van der Waals surface area (Å²) in [4.78, 5) is 11.6. The van der Waals surface area contributed by atoms with Crippen LogP contribution < -0.4 is 11.1 Å². The Bertz CT molecular complexity index is 662. The number of fused-ring (bicyclic) bond motifs is 2. The zero-order valence-corrected chi connectivity index (χ0v) is 13.4. The molecule has 1 aromatic carbocycles. The molecule has 2 saturated heterocycles. The van der Waals surface area contributed by atoms with Crippen molar-refractivity contribution in [3.05, 3.63) is 30.1 Å². The highest BCUT2D eigenvalue weighted by atomic mass is 35.5. The summed E-state index contributed by atoms with van der Waals surface area (Å²) in [6.45, 7) is 4.23. The van der Waals surface area contributed by atoms with Crippen LogP contribution in [0.5, 0.6) is 0 Å². The minimum atomic E-state index is 0. The Morgan fingerprint density at radius 1 is 1.23 bits per heavy atom. The number of nitrogens with zero attached hydrogens (tertiary/aromatic N) is 3. The third-order valence-corrected chi connectivity index (χ3v) is 4.78. The Hall–Kier alpha value is -1.43. The van der Waals surface area contributed by atoms with Crippen molar-refractivity contribution in [1.29, 1.82) is 0 Å². The molecule has 0 bridgehead atoms. The third-order valence-electron chi connectivity index (χ3n) is 4.78. The summed E-state index contributed by atoms with van der Waals surface area (Å²) in [6, 6.07) is 8.67. The van der Waals surface area contributed by atoms with Crippen LogP contribution in [0.3, 0.4) is 0 Å². The predicted molar refractivity (Wildman–Crippen MR) is 91.0 cm³/mol. The van der Waals surface area contributed by atoms with Gasteiger partial charge in [0.15, 0.2) is 0 Å². The van der Waals surface area contributed by atoms with E-state index in [9.17, 15) is 0 Å². The molecule has 118 valence electrons. The Morgan fingerprint density at radius 2 is 2.09 bits per heavy atom. The van der Waals surface area contributed by atoms with Gasteiger partial charge in [0, 0.05) is 24.5 Å². The Morgan fingerprint density at radius 3 is 3.00 bits per heavy atom. The summed E-state index contributed by atoms with van der Waals surface area (Å²) >= 11 is 0. The minimum Gasteiger partial charge on any atom is -0.383 e. The predicted octanol–water partition coefficient (Wildman–Crippen LogP) is 1.82. The fourth-order valence-electron chi connectivity index (χ4n) is 3.69. The standard InChI is InChI=1S/C16H21N5.ClH/c17-16-12-3-1-2-4-14(12)19-15(20-16)10-21-8-6-13-11(9-21)5-7-18-13;/h1-4,11,13,18H,5-10H2,(H2,17,19,20);1H. The van der Waals surface area contributed by atoms with Crippen molar-refractivity contribution in [3.8, 4) is 0 Å². The summed E-state index contributed by atoms with van der Waals surface area (Å²) in [5, 5.41) is 4.54. The van der Waals surface area contributed by atoms with Crippen LogP contribution in [0.4, 0.5) is 5.82 Å². The van der Waals surface area contributed by atoms with Crippen LogP contribution in [0.15, 0.2) is 24.3 Å². The summed E-state index contributed by atoms with van der Waals surface area (Å²) in [6.07, 6.45) is 2.52. The van der Waals surface area contributed by atoms with Gasteiger partial charge in [0.2, 0.25) is 0 Å². The largest absolute Gasteiger partial charge is 0.383 e. The number of nitrogens with two attached hydrogens (primary N) is 1. The average molecular weight is 320 g/mol. The summed E-state index contributed by atoms with van der Waals surface area (Å²) < 4.78 is 0. The number of hydrogen-bond acceptors (Lipinski definition) is 5. The molecule has 0 aliphatic carbocycles. The normalized spacial score (nSPS) is 24.9. The molecule has 2 aliphatic heterocycles. The van der Waals surface area contributed by atoms with Crippen LogP contribution in [0.1, 0.15) is 18.7 Å². The van der Waals surface area contributed by atoms with E-state index in [0.717, 1.165) is 48.3 Å². The second kappa shape index (κ2) is 6.36. The van der Waals surface area contributed by atoms with E-state index < -0.39 is 0 Å². The molecule has 0 spiro atoms. The minimum absolute atomic E-state index is 0. The number of piperidine rings is 1. The van der Waals surface area contributed by atoms with E-state index in [2.05, 4.69) is 20.2 Å². The first kappa shape index (κ1) is 15.5. The van der Waals surface area contributed by atoms with Crippen molar-refractivity contribution in [2.75, 3.05) is 25.4 Å². The van der Waals surface area contributed by atoms with Gasteiger partial charge < -0.3 is 11.1 Å². The van der Waals surface area contributed by atoms with Gasteiger partial charge in [-0.3, -0.25) is 4.90 Å². The molecular formula is C16H22ClN5. The second-order valence-corrected chi connectivity index (χ2v) is 6.18. The quantitative estimate of drug-likeness (QED) is 0.884. The van der Waals surface area contributed by atoms with Crippen molar-refractivity contribution in [2.24, 2.45) is 5.92 Å². The fraction of sp³-hybridized carbons (Fsp3) is 0.500. The molecule has 3 N–H and O–H groups in total. The van der Waals surface area contributed by atoms with Crippen LogP contribution in [0, 0.1) is 5.92 Å². The molecule has 5 nitrogen and oxygen atoms in total.